The topological polar surface area (TPSA) is 71.7 Å². The molecule has 4 rings (SSSR count). The summed E-state index contributed by atoms with van der Waals surface area (Å²) in [5.41, 5.74) is 3.31. The van der Waals surface area contributed by atoms with Crippen molar-refractivity contribution in [3.8, 4) is 22.6 Å². The van der Waals surface area contributed by atoms with Gasteiger partial charge in [-0.25, -0.2) is 0 Å². The third-order valence-electron chi connectivity index (χ3n) is 4.33. The Morgan fingerprint density at radius 3 is 2.26 bits per heavy atom. The van der Waals surface area contributed by atoms with Gasteiger partial charge in [-0.2, -0.15) is 0 Å². The quantitative estimate of drug-likeness (QED) is 0.541. The van der Waals surface area contributed by atoms with E-state index in [9.17, 15) is 9.90 Å². The Morgan fingerprint density at radius 2 is 1.59 bits per heavy atom. The standard InChI is InChI=1S/C22H17NO4/c1-26-18-9-6-16(7-10-18)23-15-4-2-14(3-5-15)20-13-27-21-12-17(24)8-11-19(21)22(20)25/h2-13,23-24H,1H3. The fourth-order valence-corrected chi connectivity index (χ4v) is 2.89. The highest BCUT2D eigenvalue weighted by Gasteiger charge is 2.09. The highest BCUT2D eigenvalue weighted by Crippen LogP contribution is 2.25. The molecule has 0 aliphatic carbocycles. The SMILES string of the molecule is COc1ccc(Nc2ccc(-c3coc4cc(O)ccc4c3=O)cc2)cc1. The van der Waals surface area contributed by atoms with Gasteiger partial charge in [-0.15, -0.1) is 0 Å². The number of rotatable bonds is 4. The van der Waals surface area contributed by atoms with Crippen LogP contribution in [0.5, 0.6) is 11.5 Å². The summed E-state index contributed by atoms with van der Waals surface area (Å²) in [6, 6.07) is 19.6. The van der Waals surface area contributed by atoms with Crippen LogP contribution in [0.25, 0.3) is 22.1 Å². The van der Waals surface area contributed by atoms with Crippen LogP contribution in [0.3, 0.4) is 0 Å². The zero-order chi connectivity index (χ0) is 18.8. The van der Waals surface area contributed by atoms with Gasteiger partial charge in [0.05, 0.1) is 18.1 Å². The zero-order valence-corrected chi connectivity index (χ0v) is 14.6. The Kier molecular flexibility index (Phi) is 4.26. The van der Waals surface area contributed by atoms with Crippen molar-refractivity contribution in [1.82, 2.24) is 0 Å². The lowest BCUT2D eigenvalue weighted by molar-refractivity contribution is 0.415. The van der Waals surface area contributed by atoms with Crippen LogP contribution in [0.4, 0.5) is 11.4 Å². The van der Waals surface area contributed by atoms with Gasteiger partial charge in [0, 0.05) is 17.4 Å². The van der Waals surface area contributed by atoms with Crippen molar-refractivity contribution in [2.45, 2.75) is 0 Å². The summed E-state index contributed by atoms with van der Waals surface area (Å²) in [5, 5.41) is 13.2. The van der Waals surface area contributed by atoms with Gasteiger partial charge in [-0.1, -0.05) is 12.1 Å². The number of aromatic hydroxyl groups is 1. The second-order valence-corrected chi connectivity index (χ2v) is 6.09. The molecule has 0 radical (unpaired) electrons. The number of nitrogens with one attached hydrogen (secondary N) is 1. The first-order chi connectivity index (χ1) is 13.1. The van der Waals surface area contributed by atoms with E-state index in [0.717, 1.165) is 22.7 Å². The summed E-state index contributed by atoms with van der Waals surface area (Å²) in [6.45, 7) is 0. The molecular formula is C22H17NO4. The lowest BCUT2D eigenvalue weighted by Crippen LogP contribution is -2.04. The van der Waals surface area contributed by atoms with Gasteiger partial charge < -0.3 is 19.6 Å². The normalized spacial score (nSPS) is 10.7. The molecule has 5 nitrogen and oxygen atoms in total. The molecule has 0 spiro atoms. The molecule has 0 bridgehead atoms. The number of fused-ring (bicyclic) bond motifs is 1. The fourth-order valence-electron chi connectivity index (χ4n) is 2.89. The van der Waals surface area contributed by atoms with Crippen molar-refractivity contribution in [2.75, 3.05) is 12.4 Å². The zero-order valence-electron chi connectivity index (χ0n) is 14.6. The molecule has 0 fully saturated rings. The largest absolute Gasteiger partial charge is 0.508 e. The van der Waals surface area contributed by atoms with Crippen molar-refractivity contribution < 1.29 is 14.3 Å². The Labute approximate surface area is 155 Å². The van der Waals surface area contributed by atoms with Crippen molar-refractivity contribution in [3.63, 3.8) is 0 Å². The van der Waals surface area contributed by atoms with E-state index in [4.69, 9.17) is 9.15 Å². The molecule has 0 saturated heterocycles. The van der Waals surface area contributed by atoms with E-state index in [0.29, 0.717) is 16.5 Å². The van der Waals surface area contributed by atoms with Gasteiger partial charge in [0.1, 0.15) is 23.3 Å². The number of hydrogen-bond donors (Lipinski definition) is 2. The van der Waals surface area contributed by atoms with E-state index in [1.54, 1.807) is 13.2 Å². The average Bonchev–Trinajstić information content (AvgIpc) is 2.69. The van der Waals surface area contributed by atoms with Gasteiger partial charge in [-0.05, 0) is 54.1 Å². The molecule has 134 valence electrons. The first kappa shape index (κ1) is 16.7. The summed E-state index contributed by atoms with van der Waals surface area (Å²) in [7, 11) is 1.63. The van der Waals surface area contributed by atoms with Crippen molar-refractivity contribution in [1.29, 1.82) is 0 Å². The first-order valence-corrected chi connectivity index (χ1v) is 8.40. The maximum atomic E-state index is 12.7. The second kappa shape index (κ2) is 6.88. The molecule has 27 heavy (non-hydrogen) atoms. The lowest BCUT2D eigenvalue weighted by atomic mass is 10.1. The molecule has 3 aromatic carbocycles. The Bertz CT molecular complexity index is 1150. The Balaban J connectivity index is 1.62. The third kappa shape index (κ3) is 3.35. The minimum absolute atomic E-state index is 0.0624. The summed E-state index contributed by atoms with van der Waals surface area (Å²) in [6.07, 6.45) is 1.43. The van der Waals surface area contributed by atoms with E-state index < -0.39 is 0 Å². The van der Waals surface area contributed by atoms with E-state index in [1.807, 2.05) is 48.5 Å². The van der Waals surface area contributed by atoms with Crippen LogP contribution in [0.15, 0.2) is 82.2 Å². The number of methoxy groups -OCH3 is 1. The molecule has 0 aliphatic heterocycles. The minimum Gasteiger partial charge on any atom is -0.508 e. The predicted octanol–water partition coefficient (Wildman–Crippen LogP) is 4.92. The smallest absolute Gasteiger partial charge is 0.200 e. The van der Waals surface area contributed by atoms with Gasteiger partial charge in [0.25, 0.3) is 0 Å². The number of phenols is 1. The van der Waals surface area contributed by atoms with Gasteiger partial charge in [0.15, 0.2) is 5.43 Å². The van der Waals surface area contributed by atoms with Crippen LogP contribution < -0.4 is 15.5 Å². The predicted molar refractivity (Wildman–Crippen MR) is 106 cm³/mol. The van der Waals surface area contributed by atoms with Crippen LogP contribution in [-0.2, 0) is 0 Å². The molecule has 0 saturated carbocycles. The van der Waals surface area contributed by atoms with Crippen LogP contribution in [0, 0.1) is 0 Å². The fraction of sp³-hybridized carbons (Fsp3) is 0.0455. The van der Waals surface area contributed by atoms with E-state index >= 15 is 0 Å². The monoisotopic (exact) mass is 359 g/mol. The maximum absolute atomic E-state index is 12.7. The third-order valence-corrected chi connectivity index (χ3v) is 4.33. The molecule has 1 aromatic heterocycles. The average molecular weight is 359 g/mol. The number of benzene rings is 3. The molecular weight excluding hydrogens is 342 g/mol. The highest BCUT2D eigenvalue weighted by atomic mass is 16.5. The molecule has 1 heterocycles. The minimum atomic E-state index is -0.132. The second-order valence-electron chi connectivity index (χ2n) is 6.09. The van der Waals surface area contributed by atoms with Crippen LogP contribution in [0.1, 0.15) is 0 Å². The maximum Gasteiger partial charge on any atom is 0.200 e. The Morgan fingerprint density at radius 1 is 0.926 bits per heavy atom. The summed E-state index contributed by atoms with van der Waals surface area (Å²) < 4.78 is 10.7. The number of anilines is 2. The van der Waals surface area contributed by atoms with Crippen molar-refractivity contribution in [2.24, 2.45) is 0 Å². The summed E-state index contributed by atoms with van der Waals surface area (Å²) in [5.74, 6) is 0.861. The highest BCUT2D eigenvalue weighted by molar-refractivity contribution is 5.82. The van der Waals surface area contributed by atoms with Crippen LogP contribution in [0.2, 0.25) is 0 Å². The van der Waals surface area contributed by atoms with E-state index in [2.05, 4.69) is 5.32 Å². The van der Waals surface area contributed by atoms with E-state index in [1.165, 1.54) is 18.4 Å². The molecule has 0 atom stereocenters. The summed E-state index contributed by atoms with van der Waals surface area (Å²) in [4.78, 5) is 12.7. The molecule has 4 aromatic rings. The van der Waals surface area contributed by atoms with E-state index in [-0.39, 0.29) is 11.2 Å². The molecule has 0 unspecified atom stereocenters. The molecule has 0 amide bonds. The van der Waals surface area contributed by atoms with Gasteiger partial charge >= 0.3 is 0 Å². The molecule has 2 N–H and O–H groups in total. The first-order valence-electron chi connectivity index (χ1n) is 8.40. The van der Waals surface area contributed by atoms with Crippen molar-refractivity contribution in [3.05, 3.63) is 83.2 Å². The van der Waals surface area contributed by atoms with Gasteiger partial charge in [0.2, 0.25) is 0 Å². The van der Waals surface area contributed by atoms with Crippen LogP contribution >= 0.6 is 0 Å². The number of hydrogen-bond acceptors (Lipinski definition) is 5. The van der Waals surface area contributed by atoms with Crippen molar-refractivity contribution >= 4 is 22.3 Å². The molecule has 5 heteroatoms. The number of phenolic OH excluding ortho intramolecular Hbond substituents is 1. The number of ether oxygens (including phenoxy) is 1. The lowest BCUT2D eigenvalue weighted by Gasteiger charge is -2.09. The summed E-state index contributed by atoms with van der Waals surface area (Å²) >= 11 is 0. The molecule has 0 aliphatic rings. The van der Waals surface area contributed by atoms with Gasteiger partial charge in [-0.3, -0.25) is 4.79 Å². The Hall–Kier alpha value is -3.73. The van der Waals surface area contributed by atoms with Crippen LogP contribution in [-0.4, -0.2) is 12.2 Å².